The van der Waals surface area contributed by atoms with Crippen molar-refractivity contribution in [2.75, 3.05) is 7.11 Å². The molecule has 0 bridgehead atoms. The fourth-order valence-electron chi connectivity index (χ4n) is 2.44. The van der Waals surface area contributed by atoms with Gasteiger partial charge in [-0.2, -0.15) is 0 Å². The molecular weight excluding hydrogens is 292 g/mol. The van der Waals surface area contributed by atoms with E-state index in [-0.39, 0.29) is 0 Å². The lowest BCUT2D eigenvalue weighted by Crippen LogP contribution is -1.92. The van der Waals surface area contributed by atoms with Crippen molar-refractivity contribution in [3.8, 4) is 17.0 Å². The zero-order valence-corrected chi connectivity index (χ0v) is 12.9. The Morgan fingerprint density at radius 2 is 1.96 bits per heavy atom. The summed E-state index contributed by atoms with van der Waals surface area (Å²) < 4.78 is 7.07. The van der Waals surface area contributed by atoms with Crippen LogP contribution in [0.2, 0.25) is 0 Å². The smallest absolute Gasteiger partial charge is 0.328 e. The minimum Gasteiger partial charge on any atom is -0.497 e. The number of fused-ring (bicyclic) bond motifs is 1. The van der Waals surface area contributed by atoms with Gasteiger partial charge in [0.25, 0.3) is 0 Å². The third kappa shape index (κ3) is 2.94. The number of methoxy groups -OCH3 is 1. The number of aryl methyl sites for hydroxylation is 1. The summed E-state index contributed by atoms with van der Waals surface area (Å²) >= 11 is 0. The van der Waals surface area contributed by atoms with Gasteiger partial charge in [0.1, 0.15) is 11.4 Å². The Bertz CT molecular complexity index is 893. The Morgan fingerprint density at radius 1 is 1.22 bits per heavy atom. The third-order valence-electron chi connectivity index (χ3n) is 3.55. The summed E-state index contributed by atoms with van der Waals surface area (Å²) in [6, 6.07) is 11.4. The molecule has 1 aromatic carbocycles. The van der Waals surface area contributed by atoms with Crippen LogP contribution in [0.25, 0.3) is 23.0 Å². The van der Waals surface area contributed by atoms with Gasteiger partial charge in [0.15, 0.2) is 0 Å². The lowest BCUT2D eigenvalue weighted by molar-refractivity contribution is -0.131. The molecule has 0 amide bonds. The van der Waals surface area contributed by atoms with Gasteiger partial charge in [-0.3, -0.25) is 4.40 Å². The monoisotopic (exact) mass is 308 g/mol. The Morgan fingerprint density at radius 3 is 2.61 bits per heavy atom. The van der Waals surface area contributed by atoms with Crippen LogP contribution in [-0.4, -0.2) is 27.6 Å². The van der Waals surface area contributed by atoms with Gasteiger partial charge in [0, 0.05) is 17.8 Å². The molecule has 0 spiro atoms. The van der Waals surface area contributed by atoms with Gasteiger partial charge >= 0.3 is 5.97 Å². The standard InChI is InChI=1S/C18H16N2O3/c1-12-3-9-16-19-18(13-4-6-14(23-2)7-5-13)15(20(16)11-12)8-10-17(21)22/h3-11H,1-2H3,(H,21,22). The molecule has 0 radical (unpaired) electrons. The van der Waals surface area contributed by atoms with Crippen molar-refractivity contribution in [1.82, 2.24) is 9.38 Å². The van der Waals surface area contributed by atoms with Gasteiger partial charge < -0.3 is 9.84 Å². The van der Waals surface area contributed by atoms with Crippen LogP contribution in [0, 0.1) is 6.92 Å². The maximum Gasteiger partial charge on any atom is 0.328 e. The summed E-state index contributed by atoms with van der Waals surface area (Å²) in [7, 11) is 1.61. The number of benzene rings is 1. The summed E-state index contributed by atoms with van der Waals surface area (Å²) in [5, 5.41) is 8.94. The summed E-state index contributed by atoms with van der Waals surface area (Å²) in [6.07, 6.45) is 4.64. The van der Waals surface area contributed by atoms with Crippen LogP contribution in [0.15, 0.2) is 48.7 Å². The zero-order valence-electron chi connectivity index (χ0n) is 12.9. The molecule has 116 valence electrons. The molecule has 1 N–H and O–H groups in total. The summed E-state index contributed by atoms with van der Waals surface area (Å²) in [4.78, 5) is 15.5. The van der Waals surface area contributed by atoms with Crippen molar-refractivity contribution in [3.05, 3.63) is 59.9 Å². The second-order valence-electron chi connectivity index (χ2n) is 5.18. The molecule has 23 heavy (non-hydrogen) atoms. The van der Waals surface area contributed by atoms with E-state index >= 15 is 0 Å². The van der Waals surface area contributed by atoms with Crippen molar-refractivity contribution in [3.63, 3.8) is 0 Å². The summed E-state index contributed by atoms with van der Waals surface area (Å²) in [6.45, 7) is 1.98. The first-order valence-electron chi connectivity index (χ1n) is 7.12. The lowest BCUT2D eigenvalue weighted by Gasteiger charge is -2.03. The molecule has 0 fully saturated rings. The maximum atomic E-state index is 10.9. The molecule has 0 atom stereocenters. The Kier molecular flexibility index (Phi) is 3.85. The van der Waals surface area contributed by atoms with Gasteiger partial charge in [-0.05, 0) is 48.9 Å². The van der Waals surface area contributed by atoms with E-state index in [9.17, 15) is 4.79 Å². The normalized spacial score (nSPS) is 11.2. The van der Waals surface area contributed by atoms with E-state index in [1.54, 1.807) is 13.2 Å². The molecule has 2 aromatic heterocycles. The summed E-state index contributed by atoms with van der Waals surface area (Å²) in [5.74, 6) is -0.232. The maximum absolute atomic E-state index is 10.9. The molecule has 0 aliphatic carbocycles. The first kappa shape index (κ1) is 14.8. The largest absolute Gasteiger partial charge is 0.497 e. The average Bonchev–Trinajstić information content (AvgIpc) is 2.90. The molecule has 2 heterocycles. The second kappa shape index (κ2) is 5.96. The Labute approximate surface area is 133 Å². The number of hydrogen-bond acceptors (Lipinski definition) is 3. The van der Waals surface area contributed by atoms with E-state index in [2.05, 4.69) is 4.98 Å². The van der Waals surface area contributed by atoms with Crippen molar-refractivity contribution in [1.29, 1.82) is 0 Å². The van der Waals surface area contributed by atoms with Gasteiger partial charge in [-0.1, -0.05) is 6.07 Å². The number of hydrogen-bond donors (Lipinski definition) is 1. The highest BCUT2D eigenvalue weighted by Gasteiger charge is 2.12. The molecule has 0 aliphatic heterocycles. The molecule has 5 heteroatoms. The Hall–Kier alpha value is -3.08. The fourth-order valence-corrected chi connectivity index (χ4v) is 2.44. The number of ether oxygens (including phenoxy) is 1. The van der Waals surface area contributed by atoms with E-state index in [0.717, 1.165) is 40.0 Å². The van der Waals surface area contributed by atoms with E-state index in [1.807, 2.05) is 53.9 Å². The van der Waals surface area contributed by atoms with Crippen LogP contribution >= 0.6 is 0 Å². The minimum absolute atomic E-state index is 0.732. The van der Waals surface area contributed by atoms with Gasteiger partial charge in [0.05, 0.1) is 18.5 Å². The van der Waals surface area contributed by atoms with Crippen LogP contribution in [0.5, 0.6) is 5.75 Å². The highest BCUT2D eigenvalue weighted by Crippen LogP contribution is 2.27. The first-order chi connectivity index (χ1) is 11.1. The van der Waals surface area contributed by atoms with Crippen molar-refractivity contribution in [2.24, 2.45) is 0 Å². The second-order valence-corrected chi connectivity index (χ2v) is 5.18. The Balaban J connectivity index is 2.21. The van der Waals surface area contributed by atoms with Crippen LogP contribution in [0.1, 0.15) is 11.3 Å². The minimum atomic E-state index is -0.992. The number of rotatable bonds is 4. The van der Waals surface area contributed by atoms with Crippen LogP contribution in [0.4, 0.5) is 0 Å². The number of nitrogens with zero attached hydrogens (tertiary/aromatic N) is 2. The van der Waals surface area contributed by atoms with Crippen LogP contribution < -0.4 is 4.74 Å². The van der Waals surface area contributed by atoms with Crippen LogP contribution in [-0.2, 0) is 4.79 Å². The number of carbonyl (C=O) groups is 1. The van der Waals surface area contributed by atoms with Gasteiger partial charge in [0.2, 0.25) is 0 Å². The topological polar surface area (TPSA) is 63.8 Å². The molecule has 0 saturated heterocycles. The molecule has 0 unspecified atom stereocenters. The first-order valence-corrected chi connectivity index (χ1v) is 7.12. The number of imidazole rings is 1. The third-order valence-corrected chi connectivity index (χ3v) is 3.55. The predicted octanol–water partition coefficient (Wildman–Crippen LogP) is 3.42. The highest BCUT2D eigenvalue weighted by atomic mass is 16.5. The van der Waals surface area contributed by atoms with Crippen molar-refractivity contribution < 1.29 is 14.6 Å². The molecule has 0 aliphatic rings. The highest BCUT2D eigenvalue weighted by molar-refractivity contribution is 5.87. The van der Waals surface area contributed by atoms with Crippen molar-refractivity contribution in [2.45, 2.75) is 6.92 Å². The van der Waals surface area contributed by atoms with Gasteiger partial charge in [-0.15, -0.1) is 0 Å². The van der Waals surface area contributed by atoms with E-state index in [0.29, 0.717) is 0 Å². The average molecular weight is 308 g/mol. The quantitative estimate of drug-likeness (QED) is 0.750. The van der Waals surface area contributed by atoms with E-state index < -0.39 is 5.97 Å². The fraction of sp³-hybridized carbons (Fsp3) is 0.111. The zero-order chi connectivity index (χ0) is 16.4. The molecule has 3 rings (SSSR count). The van der Waals surface area contributed by atoms with Crippen molar-refractivity contribution >= 4 is 17.7 Å². The number of carboxylic acids is 1. The predicted molar refractivity (Wildman–Crippen MR) is 88.6 cm³/mol. The summed E-state index contributed by atoms with van der Waals surface area (Å²) in [5.41, 5.74) is 4.21. The SMILES string of the molecule is COc1ccc(-c2nc3ccc(C)cn3c2C=CC(=O)O)cc1. The number of pyridine rings is 1. The number of aromatic nitrogens is 2. The number of aliphatic carboxylic acids is 1. The number of carboxylic acid groups (broad SMARTS) is 1. The molecular formula is C18H16N2O3. The molecule has 3 aromatic rings. The van der Waals surface area contributed by atoms with Gasteiger partial charge in [-0.25, -0.2) is 9.78 Å². The molecule has 0 saturated carbocycles. The van der Waals surface area contributed by atoms with E-state index in [4.69, 9.17) is 9.84 Å². The molecule has 5 nitrogen and oxygen atoms in total. The van der Waals surface area contributed by atoms with Crippen LogP contribution in [0.3, 0.4) is 0 Å². The lowest BCUT2D eigenvalue weighted by atomic mass is 10.1. The van der Waals surface area contributed by atoms with E-state index in [1.165, 1.54) is 0 Å².